The second kappa shape index (κ2) is 2.23. The van der Waals surface area contributed by atoms with Crippen LogP contribution in [0.3, 0.4) is 0 Å². The van der Waals surface area contributed by atoms with Crippen LogP contribution in [-0.4, -0.2) is 4.98 Å². The highest BCUT2D eigenvalue weighted by Gasteiger charge is 2.71. The molecule has 4 rings (SSSR count). The summed E-state index contributed by atoms with van der Waals surface area (Å²) in [6, 6.07) is 0. The maximum absolute atomic E-state index is 5.64. The summed E-state index contributed by atoms with van der Waals surface area (Å²) in [4.78, 5) is 4.37. The predicted molar refractivity (Wildman–Crippen MR) is 54.0 cm³/mol. The van der Waals surface area contributed by atoms with Crippen LogP contribution in [0.1, 0.15) is 44.8 Å². The van der Waals surface area contributed by atoms with Gasteiger partial charge < -0.3 is 4.42 Å². The van der Waals surface area contributed by atoms with E-state index in [0.717, 1.165) is 17.6 Å². The van der Waals surface area contributed by atoms with E-state index in [0.29, 0.717) is 10.8 Å². The van der Waals surface area contributed by atoms with Crippen LogP contribution in [0.15, 0.2) is 10.6 Å². The van der Waals surface area contributed by atoms with E-state index in [1.165, 1.54) is 19.3 Å². The SMILES string of the molecule is Cc1cnc(C23CC(C(C)C)(C2)C3)o1. The van der Waals surface area contributed by atoms with Crippen molar-refractivity contribution in [3.05, 3.63) is 17.8 Å². The van der Waals surface area contributed by atoms with E-state index in [9.17, 15) is 0 Å². The molecule has 0 unspecified atom stereocenters. The van der Waals surface area contributed by atoms with Crippen molar-refractivity contribution in [1.29, 1.82) is 0 Å². The Kier molecular flexibility index (Phi) is 1.36. The van der Waals surface area contributed by atoms with E-state index in [-0.39, 0.29) is 0 Å². The monoisotopic (exact) mass is 191 g/mol. The standard InChI is InChI=1S/C12H17NO/c1-8(2)11-5-12(6-11,7-11)10-13-4-9(3)14-10/h4,8H,5-7H2,1-3H3. The molecule has 2 heteroatoms. The van der Waals surface area contributed by atoms with E-state index in [1.54, 1.807) is 0 Å². The van der Waals surface area contributed by atoms with Gasteiger partial charge in [0.25, 0.3) is 0 Å². The zero-order chi connectivity index (χ0) is 9.97. The van der Waals surface area contributed by atoms with Crippen molar-refractivity contribution in [1.82, 2.24) is 4.98 Å². The first kappa shape index (κ1) is 8.51. The molecule has 0 aliphatic heterocycles. The van der Waals surface area contributed by atoms with Gasteiger partial charge in [0, 0.05) is 5.41 Å². The highest BCUT2D eigenvalue weighted by atomic mass is 16.4. The molecule has 0 amide bonds. The van der Waals surface area contributed by atoms with Crippen molar-refractivity contribution in [2.45, 2.75) is 45.4 Å². The van der Waals surface area contributed by atoms with Crippen molar-refractivity contribution in [3.8, 4) is 0 Å². The Bertz CT molecular complexity index is 358. The van der Waals surface area contributed by atoms with Gasteiger partial charge in [0.2, 0.25) is 5.89 Å². The van der Waals surface area contributed by atoms with Gasteiger partial charge in [-0.1, -0.05) is 13.8 Å². The summed E-state index contributed by atoms with van der Waals surface area (Å²) in [6.07, 6.45) is 5.75. The van der Waals surface area contributed by atoms with Crippen LogP contribution in [0.2, 0.25) is 0 Å². The Morgan fingerprint density at radius 2 is 2.00 bits per heavy atom. The van der Waals surface area contributed by atoms with Crippen molar-refractivity contribution in [3.63, 3.8) is 0 Å². The third-order valence-corrected chi connectivity index (χ3v) is 4.37. The van der Waals surface area contributed by atoms with Gasteiger partial charge in [0.15, 0.2) is 0 Å². The van der Waals surface area contributed by atoms with Crippen LogP contribution in [-0.2, 0) is 5.41 Å². The number of aromatic nitrogens is 1. The molecule has 0 atom stereocenters. The summed E-state index contributed by atoms with van der Waals surface area (Å²) in [6.45, 7) is 6.65. The number of hydrogen-bond donors (Lipinski definition) is 0. The summed E-state index contributed by atoms with van der Waals surface area (Å²) >= 11 is 0. The van der Waals surface area contributed by atoms with E-state index < -0.39 is 0 Å². The Labute approximate surface area is 84.7 Å². The Hall–Kier alpha value is -0.790. The van der Waals surface area contributed by atoms with Crippen LogP contribution < -0.4 is 0 Å². The van der Waals surface area contributed by atoms with Crippen molar-refractivity contribution < 1.29 is 4.42 Å². The minimum Gasteiger partial charge on any atom is -0.445 e. The molecule has 0 spiro atoms. The van der Waals surface area contributed by atoms with Gasteiger partial charge in [0.05, 0.1) is 6.20 Å². The molecule has 0 radical (unpaired) electrons. The molecule has 1 aromatic heterocycles. The quantitative estimate of drug-likeness (QED) is 0.718. The molecule has 2 nitrogen and oxygen atoms in total. The first-order valence-corrected chi connectivity index (χ1v) is 5.49. The zero-order valence-corrected chi connectivity index (χ0v) is 9.13. The van der Waals surface area contributed by atoms with E-state index >= 15 is 0 Å². The topological polar surface area (TPSA) is 26.0 Å². The summed E-state index contributed by atoms with van der Waals surface area (Å²) in [5.41, 5.74) is 0.987. The molecular formula is C12H17NO. The van der Waals surface area contributed by atoms with Gasteiger partial charge in [-0.2, -0.15) is 0 Å². The van der Waals surface area contributed by atoms with Crippen LogP contribution in [0.4, 0.5) is 0 Å². The third-order valence-electron chi connectivity index (χ3n) is 4.37. The third kappa shape index (κ3) is 0.800. The fourth-order valence-corrected chi connectivity index (χ4v) is 3.31. The Morgan fingerprint density at radius 1 is 1.36 bits per heavy atom. The number of nitrogens with zero attached hydrogens (tertiary/aromatic N) is 1. The first-order chi connectivity index (χ1) is 6.56. The van der Waals surface area contributed by atoms with Gasteiger partial charge in [-0.25, -0.2) is 4.98 Å². The van der Waals surface area contributed by atoms with Crippen LogP contribution in [0.25, 0.3) is 0 Å². The largest absolute Gasteiger partial charge is 0.445 e. The number of oxazole rings is 1. The molecule has 3 fully saturated rings. The Balaban J connectivity index is 1.81. The Morgan fingerprint density at radius 3 is 2.43 bits per heavy atom. The van der Waals surface area contributed by atoms with Gasteiger partial charge in [-0.15, -0.1) is 0 Å². The fraction of sp³-hybridized carbons (Fsp3) is 0.750. The van der Waals surface area contributed by atoms with Crippen molar-refractivity contribution in [2.75, 3.05) is 0 Å². The summed E-state index contributed by atoms with van der Waals surface area (Å²) < 4.78 is 5.64. The highest BCUT2D eigenvalue weighted by molar-refractivity contribution is 5.30. The maximum Gasteiger partial charge on any atom is 0.200 e. The fourth-order valence-electron chi connectivity index (χ4n) is 3.31. The van der Waals surface area contributed by atoms with Gasteiger partial charge in [0.1, 0.15) is 5.76 Å². The smallest absolute Gasteiger partial charge is 0.200 e. The molecule has 3 aliphatic carbocycles. The van der Waals surface area contributed by atoms with Crippen LogP contribution >= 0.6 is 0 Å². The molecule has 1 aromatic rings. The molecule has 1 heterocycles. The van der Waals surface area contributed by atoms with E-state index in [1.807, 2.05) is 13.1 Å². The van der Waals surface area contributed by atoms with E-state index in [2.05, 4.69) is 18.8 Å². The average Bonchev–Trinajstić information content (AvgIpc) is 2.28. The number of hydrogen-bond acceptors (Lipinski definition) is 2. The first-order valence-electron chi connectivity index (χ1n) is 5.49. The summed E-state index contributed by atoms with van der Waals surface area (Å²) in [7, 11) is 0. The molecule has 0 aromatic carbocycles. The minimum atomic E-state index is 0.346. The maximum atomic E-state index is 5.64. The average molecular weight is 191 g/mol. The molecule has 3 aliphatic rings. The molecule has 3 saturated carbocycles. The lowest BCUT2D eigenvalue weighted by molar-refractivity contribution is -0.183. The van der Waals surface area contributed by atoms with Crippen molar-refractivity contribution >= 4 is 0 Å². The van der Waals surface area contributed by atoms with Gasteiger partial charge in [-0.05, 0) is 37.5 Å². The van der Waals surface area contributed by atoms with Gasteiger partial charge >= 0.3 is 0 Å². The lowest BCUT2D eigenvalue weighted by Gasteiger charge is -2.71. The minimum absolute atomic E-state index is 0.346. The van der Waals surface area contributed by atoms with Crippen LogP contribution in [0, 0.1) is 18.3 Å². The van der Waals surface area contributed by atoms with Crippen molar-refractivity contribution in [2.24, 2.45) is 11.3 Å². The van der Waals surface area contributed by atoms with E-state index in [4.69, 9.17) is 4.42 Å². The number of aryl methyl sites for hydroxylation is 1. The molecule has 0 N–H and O–H groups in total. The highest BCUT2D eigenvalue weighted by Crippen LogP contribution is 2.76. The molecular weight excluding hydrogens is 174 g/mol. The summed E-state index contributed by atoms with van der Waals surface area (Å²) in [5, 5.41) is 0. The number of rotatable bonds is 2. The zero-order valence-electron chi connectivity index (χ0n) is 9.13. The van der Waals surface area contributed by atoms with Crippen LogP contribution in [0.5, 0.6) is 0 Å². The molecule has 14 heavy (non-hydrogen) atoms. The second-order valence-electron chi connectivity index (χ2n) is 5.60. The molecule has 2 bridgehead atoms. The van der Waals surface area contributed by atoms with Gasteiger partial charge in [-0.3, -0.25) is 0 Å². The normalized spacial score (nSPS) is 39.4. The lowest BCUT2D eigenvalue weighted by atomic mass is 9.32. The lowest BCUT2D eigenvalue weighted by Crippen LogP contribution is -2.66. The summed E-state index contributed by atoms with van der Waals surface area (Å²) in [5.74, 6) is 2.77. The second-order valence-corrected chi connectivity index (χ2v) is 5.60. The predicted octanol–water partition coefficient (Wildman–Crippen LogP) is 3.06. The molecule has 76 valence electrons. The molecule has 0 saturated heterocycles.